The van der Waals surface area contributed by atoms with Crippen molar-refractivity contribution in [2.45, 2.75) is 5.41 Å². The molecule has 0 radical (unpaired) electrons. The molecule has 0 amide bonds. The number of rotatable bonds is 1. The largest absolute Gasteiger partial charge is 0.491 e. The van der Waals surface area contributed by atoms with E-state index >= 15 is 0 Å². The Morgan fingerprint density at radius 2 is 1.86 bits per heavy atom. The number of nitrogens with one attached hydrogen (secondary N) is 1. The summed E-state index contributed by atoms with van der Waals surface area (Å²) in [6, 6.07) is 10.0. The molecule has 7 heteroatoms. The maximum absolute atomic E-state index is 6.14. The molecule has 7 nitrogen and oxygen atoms in total. The lowest BCUT2D eigenvalue weighted by molar-refractivity contribution is 0.173. The molecular weight excluding hydrogens is 356 g/mol. The van der Waals surface area contributed by atoms with E-state index in [1.54, 1.807) is 6.20 Å². The molecule has 138 valence electrons. The lowest BCUT2D eigenvalue weighted by atomic mass is 9.73. The molecule has 0 bridgehead atoms. The van der Waals surface area contributed by atoms with Crippen LogP contribution in [0.5, 0.6) is 17.2 Å². The van der Waals surface area contributed by atoms with E-state index in [9.17, 15) is 0 Å². The summed E-state index contributed by atoms with van der Waals surface area (Å²) in [6.45, 7) is 0.644. The fraction of sp³-hybridized carbons (Fsp3) is 0.143. The molecule has 28 heavy (non-hydrogen) atoms. The van der Waals surface area contributed by atoms with Crippen LogP contribution < -0.4 is 25.3 Å². The van der Waals surface area contributed by atoms with Gasteiger partial charge in [-0.1, -0.05) is 12.1 Å². The van der Waals surface area contributed by atoms with E-state index in [1.165, 1.54) is 6.33 Å². The molecule has 0 saturated carbocycles. The van der Waals surface area contributed by atoms with Crippen molar-refractivity contribution in [3.63, 3.8) is 0 Å². The number of fused-ring (bicyclic) bond motifs is 5. The second-order valence-corrected chi connectivity index (χ2v) is 6.96. The molecule has 0 fully saturated rings. The molecule has 3 aliphatic heterocycles. The Bertz CT molecular complexity index is 1150. The average Bonchev–Trinajstić information content (AvgIpc) is 3.44. The van der Waals surface area contributed by atoms with Crippen LogP contribution in [-0.2, 0) is 5.41 Å². The highest BCUT2D eigenvalue weighted by molar-refractivity contribution is 5.85. The Morgan fingerprint density at radius 3 is 2.68 bits per heavy atom. The number of anilines is 1. The van der Waals surface area contributed by atoms with Crippen LogP contribution in [-0.4, -0.2) is 23.4 Å². The van der Waals surface area contributed by atoms with E-state index in [0.29, 0.717) is 18.1 Å². The number of hydrogen-bond donors (Lipinski definition) is 2. The Balaban J connectivity index is 1.66. The number of aromatic nitrogens is 2. The van der Waals surface area contributed by atoms with Crippen LogP contribution in [0.25, 0.3) is 11.1 Å². The summed E-state index contributed by atoms with van der Waals surface area (Å²) >= 11 is 0. The van der Waals surface area contributed by atoms with E-state index < -0.39 is 5.41 Å². The summed E-state index contributed by atoms with van der Waals surface area (Å²) in [5.41, 5.74) is 11.5. The van der Waals surface area contributed by atoms with Gasteiger partial charge in [0.25, 0.3) is 0 Å². The van der Waals surface area contributed by atoms with Crippen molar-refractivity contribution in [2.24, 2.45) is 5.73 Å². The SMILES string of the molecule is N/C=C1\Nc2cccc(-c3cncnc3)c2C12COc1cc3c(cc12)OCO3. The van der Waals surface area contributed by atoms with E-state index in [-0.39, 0.29) is 6.79 Å². The van der Waals surface area contributed by atoms with Gasteiger partial charge in [0.2, 0.25) is 6.79 Å². The standard InChI is InChI=1S/C21H16N4O3/c22-6-19-21(9-26-16-5-18-17(4-14(16)21)27-11-28-18)20-13(2-1-3-15(20)25-19)12-7-23-10-24-8-12/h1-8,10,25H,9,11,22H2/b19-6-. The highest BCUT2D eigenvalue weighted by Crippen LogP contribution is 2.58. The van der Waals surface area contributed by atoms with Crippen LogP contribution in [0.1, 0.15) is 11.1 Å². The zero-order chi connectivity index (χ0) is 18.7. The van der Waals surface area contributed by atoms with Crippen molar-refractivity contribution in [3.05, 3.63) is 72.1 Å². The van der Waals surface area contributed by atoms with E-state index in [4.69, 9.17) is 19.9 Å². The Morgan fingerprint density at radius 1 is 1.04 bits per heavy atom. The van der Waals surface area contributed by atoms with Gasteiger partial charge in [0.05, 0.1) is 0 Å². The van der Waals surface area contributed by atoms with Crippen molar-refractivity contribution in [1.82, 2.24) is 9.97 Å². The van der Waals surface area contributed by atoms with Gasteiger partial charge in [-0.3, -0.25) is 0 Å². The summed E-state index contributed by atoms with van der Waals surface area (Å²) in [5.74, 6) is 2.19. The number of benzene rings is 2. The van der Waals surface area contributed by atoms with Crippen molar-refractivity contribution in [3.8, 4) is 28.4 Å². The lowest BCUT2D eigenvalue weighted by Crippen LogP contribution is -2.31. The van der Waals surface area contributed by atoms with Crippen LogP contribution in [0.4, 0.5) is 5.69 Å². The zero-order valence-electron chi connectivity index (χ0n) is 14.8. The predicted molar refractivity (Wildman–Crippen MR) is 102 cm³/mol. The molecule has 2 aromatic carbocycles. The molecule has 0 saturated heterocycles. The average molecular weight is 372 g/mol. The van der Waals surface area contributed by atoms with Crippen LogP contribution in [0.15, 0.2) is 60.9 Å². The van der Waals surface area contributed by atoms with Crippen molar-refractivity contribution < 1.29 is 14.2 Å². The third-order valence-corrected chi connectivity index (χ3v) is 5.64. The summed E-state index contributed by atoms with van der Waals surface area (Å²) in [5, 5.41) is 3.48. The van der Waals surface area contributed by atoms with Gasteiger partial charge in [0, 0.05) is 52.7 Å². The fourth-order valence-corrected chi connectivity index (χ4v) is 4.44. The normalized spacial score (nSPS) is 22.1. The van der Waals surface area contributed by atoms with Crippen LogP contribution in [0.3, 0.4) is 0 Å². The van der Waals surface area contributed by atoms with Gasteiger partial charge < -0.3 is 25.3 Å². The van der Waals surface area contributed by atoms with Crippen LogP contribution in [0.2, 0.25) is 0 Å². The van der Waals surface area contributed by atoms with Crippen LogP contribution >= 0.6 is 0 Å². The monoisotopic (exact) mass is 372 g/mol. The van der Waals surface area contributed by atoms with Gasteiger partial charge in [0.15, 0.2) is 11.5 Å². The predicted octanol–water partition coefficient (Wildman–Crippen LogP) is 2.78. The summed E-state index contributed by atoms with van der Waals surface area (Å²) < 4.78 is 17.3. The summed E-state index contributed by atoms with van der Waals surface area (Å²) in [4.78, 5) is 8.39. The minimum Gasteiger partial charge on any atom is -0.491 e. The van der Waals surface area contributed by atoms with Gasteiger partial charge >= 0.3 is 0 Å². The van der Waals surface area contributed by atoms with Gasteiger partial charge in [-0.25, -0.2) is 9.97 Å². The molecular formula is C21H16N4O3. The Kier molecular flexibility index (Phi) is 2.95. The van der Waals surface area contributed by atoms with Crippen LogP contribution in [0, 0.1) is 0 Å². The number of hydrogen-bond acceptors (Lipinski definition) is 7. The molecule has 3 aromatic rings. The summed E-state index contributed by atoms with van der Waals surface area (Å²) in [7, 11) is 0. The molecule has 4 heterocycles. The van der Waals surface area contributed by atoms with Gasteiger partial charge in [-0.15, -0.1) is 0 Å². The van der Waals surface area contributed by atoms with Crippen molar-refractivity contribution >= 4 is 5.69 Å². The Hall–Kier alpha value is -3.74. The van der Waals surface area contributed by atoms with E-state index in [1.807, 2.05) is 36.7 Å². The number of nitrogens with zero attached hydrogens (tertiary/aromatic N) is 2. The summed E-state index contributed by atoms with van der Waals surface area (Å²) in [6.07, 6.45) is 6.78. The first-order valence-corrected chi connectivity index (χ1v) is 8.96. The third kappa shape index (κ3) is 1.82. The molecule has 1 atom stereocenters. The van der Waals surface area contributed by atoms with E-state index in [2.05, 4.69) is 21.4 Å². The quantitative estimate of drug-likeness (QED) is 0.679. The van der Waals surface area contributed by atoms with Crippen molar-refractivity contribution in [2.75, 3.05) is 18.7 Å². The maximum Gasteiger partial charge on any atom is 0.231 e. The third-order valence-electron chi connectivity index (χ3n) is 5.64. The van der Waals surface area contributed by atoms with Gasteiger partial charge in [-0.2, -0.15) is 0 Å². The molecule has 1 spiro atoms. The molecule has 3 N–H and O–H groups in total. The fourth-order valence-electron chi connectivity index (χ4n) is 4.44. The second kappa shape index (κ2) is 5.39. The minimum absolute atomic E-state index is 0.215. The molecule has 1 aromatic heterocycles. The Labute approximate surface area is 160 Å². The molecule has 1 unspecified atom stereocenters. The smallest absolute Gasteiger partial charge is 0.231 e. The molecule has 0 aliphatic carbocycles. The van der Waals surface area contributed by atoms with Gasteiger partial charge in [-0.05, 0) is 17.7 Å². The maximum atomic E-state index is 6.14. The highest BCUT2D eigenvalue weighted by atomic mass is 16.7. The first kappa shape index (κ1) is 15.3. The lowest BCUT2D eigenvalue weighted by Gasteiger charge is -2.26. The minimum atomic E-state index is -0.563. The van der Waals surface area contributed by atoms with E-state index in [0.717, 1.165) is 39.4 Å². The first-order valence-electron chi connectivity index (χ1n) is 8.96. The number of ether oxygens (including phenoxy) is 3. The van der Waals surface area contributed by atoms with Crippen molar-refractivity contribution in [1.29, 1.82) is 0 Å². The van der Waals surface area contributed by atoms with Gasteiger partial charge in [0.1, 0.15) is 24.1 Å². The topological polar surface area (TPSA) is 91.5 Å². The first-order chi connectivity index (χ1) is 13.8. The second-order valence-electron chi connectivity index (χ2n) is 6.96. The molecule has 3 aliphatic rings. The molecule has 6 rings (SSSR count). The highest BCUT2D eigenvalue weighted by Gasteiger charge is 2.52. The zero-order valence-corrected chi connectivity index (χ0v) is 14.8. The number of nitrogens with two attached hydrogens (primary N) is 1.